The van der Waals surface area contributed by atoms with Gasteiger partial charge in [0.15, 0.2) is 6.10 Å². The van der Waals surface area contributed by atoms with E-state index >= 15 is 0 Å². The molecule has 0 radical (unpaired) electrons. The van der Waals surface area contributed by atoms with E-state index in [1.165, 1.54) is 0 Å². The molecule has 0 amide bonds. The number of aryl methyl sites for hydroxylation is 1. The van der Waals surface area contributed by atoms with E-state index < -0.39 is 18.4 Å². The molecule has 1 fully saturated rings. The summed E-state index contributed by atoms with van der Waals surface area (Å²) in [6.07, 6.45) is -4.49. The van der Waals surface area contributed by atoms with Crippen LogP contribution in [0.15, 0.2) is 24.3 Å². The van der Waals surface area contributed by atoms with E-state index in [0.717, 1.165) is 30.9 Å². The maximum absolute atomic E-state index is 12.7. The topological polar surface area (TPSA) is 21.3 Å². The van der Waals surface area contributed by atoms with Crippen molar-refractivity contribution in [2.24, 2.45) is 0 Å². The van der Waals surface area contributed by atoms with Crippen molar-refractivity contribution in [2.45, 2.75) is 51.1 Å². The summed E-state index contributed by atoms with van der Waals surface area (Å²) in [5.41, 5.74) is 1.85. The molecule has 5 heteroatoms. The third-order valence-corrected chi connectivity index (χ3v) is 3.45. The Morgan fingerprint density at radius 2 is 1.85 bits per heavy atom. The number of alkyl halides is 3. The van der Waals surface area contributed by atoms with E-state index in [9.17, 15) is 13.2 Å². The fraction of sp³-hybridized carbons (Fsp3) is 0.600. The van der Waals surface area contributed by atoms with Crippen LogP contribution in [-0.2, 0) is 4.74 Å². The second-order valence-corrected chi connectivity index (χ2v) is 5.40. The van der Waals surface area contributed by atoms with Gasteiger partial charge < -0.3 is 10.1 Å². The van der Waals surface area contributed by atoms with Gasteiger partial charge in [-0.1, -0.05) is 29.8 Å². The highest BCUT2D eigenvalue weighted by atomic mass is 19.4. The van der Waals surface area contributed by atoms with E-state index in [2.05, 4.69) is 5.32 Å². The van der Waals surface area contributed by atoms with Crippen LogP contribution < -0.4 is 5.32 Å². The Hall–Kier alpha value is -1.07. The summed E-state index contributed by atoms with van der Waals surface area (Å²) in [6, 6.07) is 7.88. The second-order valence-electron chi connectivity index (χ2n) is 5.40. The van der Waals surface area contributed by atoms with Crippen LogP contribution in [0.25, 0.3) is 0 Å². The van der Waals surface area contributed by atoms with Gasteiger partial charge in [-0.15, -0.1) is 0 Å². The minimum Gasteiger partial charge on any atom is -0.360 e. The zero-order chi connectivity index (χ0) is 14.8. The molecule has 1 N–H and O–H groups in total. The molecule has 0 spiro atoms. The van der Waals surface area contributed by atoms with Crippen molar-refractivity contribution in [1.82, 2.24) is 5.32 Å². The third kappa shape index (κ3) is 4.49. The highest BCUT2D eigenvalue weighted by Crippen LogP contribution is 2.29. The molecule has 1 aliphatic carbocycles. The number of rotatable bonds is 6. The highest BCUT2D eigenvalue weighted by molar-refractivity contribution is 5.23. The fourth-order valence-corrected chi connectivity index (χ4v) is 1.91. The largest absolute Gasteiger partial charge is 0.414 e. The van der Waals surface area contributed by atoms with Crippen LogP contribution in [-0.4, -0.2) is 24.9 Å². The molecular weight excluding hydrogens is 267 g/mol. The Kier molecular flexibility index (Phi) is 4.70. The standard InChI is InChI=1S/C15H20F3NO/c1-10-3-5-12(6-4-10)14(9-19-13-7-8-13)20-11(2)15(16,17)18/h3-6,11,13-14,19H,7-9H2,1-2H3. The minimum absolute atomic E-state index is 0.411. The first kappa shape index (κ1) is 15.3. The summed E-state index contributed by atoms with van der Waals surface area (Å²) in [5.74, 6) is 0. The number of hydrogen-bond acceptors (Lipinski definition) is 2. The monoisotopic (exact) mass is 287 g/mol. The molecule has 0 heterocycles. The van der Waals surface area contributed by atoms with Crippen LogP contribution in [0.5, 0.6) is 0 Å². The molecule has 1 aromatic rings. The smallest absolute Gasteiger partial charge is 0.360 e. The first-order valence-electron chi connectivity index (χ1n) is 6.88. The predicted octanol–water partition coefficient (Wildman–Crippen LogP) is 3.76. The molecule has 0 aliphatic heterocycles. The Morgan fingerprint density at radius 1 is 1.25 bits per heavy atom. The quantitative estimate of drug-likeness (QED) is 0.860. The van der Waals surface area contributed by atoms with E-state index in [1.54, 1.807) is 0 Å². The number of nitrogens with one attached hydrogen (secondary N) is 1. The fourth-order valence-electron chi connectivity index (χ4n) is 1.91. The third-order valence-electron chi connectivity index (χ3n) is 3.45. The zero-order valence-electron chi connectivity index (χ0n) is 11.7. The maximum atomic E-state index is 12.7. The van der Waals surface area contributed by atoms with Gasteiger partial charge in [-0.3, -0.25) is 0 Å². The predicted molar refractivity (Wildman–Crippen MR) is 71.5 cm³/mol. The molecular formula is C15H20F3NO. The van der Waals surface area contributed by atoms with Crippen LogP contribution in [0, 0.1) is 6.92 Å². The van der Waals surface area contributed by atoms with Crippen LogP contribution in [0.3, 0.4) is 0 Å². The summed E-state index contributed by atoms with van der Waals surface area (Å²) < 4.78 is 43.2. The van der Waals surface area contributed by atoms with Gasteiger partial charge >= 0.3 is 6.18 Å². The van der Waals surface area contributed by atoms with Gasteiger partial charge in [-0.05, 0) is 32.3 Å². The Bertz CT molecular complexity index is 426. The molecule has 1 aliphatic rings. The van der Waals surface area contributed by atoms with Crippen LogP contribution >= 0.6 is 0 Å². The lowest BCUT2D eigenvalue weighted by molar-refractivity contribution is -0.227. The molecule has 1 saturated carbocycles. The summed E-state index contributed by atoms with van der Waals surface area (Å²) in [6.45, 7) is 3.41. The first-order valence-corrected chi connectivity index (χ1v) is 6.88. The van der Waals surface area contributed by atoms with Crippen molar-refractivity contribution in [1.29, 1.82) is 0 Å². The normalized spacial score (nSPS) is 18.9. The number of ether oxygens (including phenoxy) is 1. The number of benzene rings is 1. The van der Waals surface area contributed by atoms with Gasteiger partial charge in [0.25, 0.3) is 0 Å². The van der Waals surface area contributed by atoms with Crippen molar-refractivity contribution in [2.75, 3.05) is 6.54 Å². The lowest BCUT2D eigenvalue weighted by atomic mass is 10.1. The zero-order valence-corrected chi connectivity index (χ0v) is 11.7. The lowest BCUT2D eigenvalue weighted by Gasteiger charge is -2.25. The van der Waals surface area contributed by atoms with Gasteiger partial charge in [0, 0.05) is 12.6 Å². The van der Waals surface area contributed by atoms with Gasteiger partial charge in [-0.25, -0.2) is 0 Å². The Morgan fingerprint density at radius 3 is 2.35 bits per heavy atom. The summed E-state index contributed by atoms with van der Waals surface area (Å²) >= 11 is 0. The molecule has 1 aromatic carbocycles. The second kappa shape index (κ2) is 6.14. The molecule has 20 heavy (non-hydrogen) atoms. The van der Waals surface area contributed by atoms with Crippen molar-refractivity contribution >= 4 is 0 Å². The van der Waals surface area contributed by atoms with Crippen molar-refractivity contribution in [3.8, 4) is 0 Å². The molecule has 112 valence electrons. The van der Waals surface area contributed by atoms with Gasteiger partial charge in [0.2, 0.25) is 0 Å². The highest BCUT2D eigenvalue weighted by Gasteiger charge is 2.39. The van der Waals surface area contributed by atoms with E-state index in [-0.39, 0.29) is 0 Å². The minimum atomic E-state index is -4.33. The average Bonchev–Trinajstić information content (AvgIpc) is 3.18. The Balaban J connectivity index is 2.04. The van der Waals surface area contributed by atoms with E-state index in [0.29, 0.717) is 12.6 Å². The molecule has 2 unspecified atom stereocenters. The average molecular weight is 287 g/mol. The number of halogens is 3. The molecule has 2 nitrogen and oxygen atoms in total. The molecule has 0 bridgehead atoms. The van der Waals surface area contributed by atoms with Crippen molar-refractivity contribution in [3.05, 3.63) is 35.4 Å². The van der Waals surface area contributed by atoms with Crippen LogP contribution in [0.2, 0.25) is 0 Å². The van der Waals surface area contributed by atoms with E-state index in [1.807, 2.05) is 31.2 Å². The maximum Gasteiger partial charge on any atom is 0.414 e. The summed E-state index contributed by atoms with van der Waals surface area (Å²) in [4.78, 5) is 0. The first-order chi connectivity index (χ1) is 9.36. The van der Waals surface area contributed by atoms with Crippen LogP contribution in [0.4, 0.5) is 13.2 Å². The van der Waals surface area contributed by atoms with Gasteiger partial charge in [0.1, 0.15) is 0 Å². The molecule has 2 atom stereocenters. The SMILES string of the molecule is Cc1ccc(C(CNC2CC2)OC(C)C(F)(F)F)cc1. The summed E-state index contributed by atoms with van der Waals surface area (Å²) in [5, 5.41) is 3.23. The van der Waals surface area contributed by atoms with E-state index in [4.69, 9.17) is 4.74 Å². The Labute approximate surface area is 117 Å². The van der Waals surface area contributed by atoms with Crippen molar-refractivity contribution < 1.29 is 17.9 Å². The molecule has 2 rings (SSSR count). The summed E-state index contributed by atoms with van der Waals surface area (Å²) in [7, 11) is 0. The van der Waals surface area contributed by atoms with Crippen LogP contribution in [0.1, 0.15) is 37.0 Å². The number of hydrogen-bond donors (Lipinski definition) is 1. The lowest BCUT2D eigenvalue weighted by Crippen LogP contribution is -2.34. The van der Waals surface area contributed by atoms with Crippen molar-refractivity contribution in [3.63, 3.8) is 0 Å². The molecule has 0 aromatic heterocycles. The van der Waals surface area contributed by atoms with Gasteiger partial charge in [0.05, 0.1) is 6.10 Å². The van der Waals surface area contributed by atoms with Gasteiger partial charge in [-0.2, -0.15) is 13.2 Å². The molecule has 0 saturated heterocycles.